The van der Waals surface area contributed by atoms with Crippen LogP contribution in [0, 0.1) is 6.92 Å². The molecule has 8 heteroatoms. The Balaban J connectivity index is 2.01. The number of urea groups is 1. The van der Waals surface area contributed by atoms with Crippen LogP contribution in [0.1, 0.15) is 4.88 Å². The number of hydrogen-bond acceptors (Lipinski definition) is 5. The van der Waals surface area contributed by atoms with Gasteiger partial charge in [0, 0.05) is 32.1 Å². The average molecular weight is 314 g/mol. The highest BCUT2D eigenvalue weighted by Gasteiger charge is 2.09. The van der Waals surface area contributed by atoms with Crippen molar-refractivity contribution < 1.29 is 4.79 Å². The van der Waals surface area contributed by atoms with E-state index in [4.69, 9.17) is 11.6 Å². The van der Waals surface area contributed by atoms with Gasteiger partial charge in [0.05, 0.1) is 5.39 Å². The van der Waals surface area contributed by atoms with Crippen LogP contribution in [0.4, 0.5) is 10.6 Å². The Hall–Kier alpha value is -1.60. The van der Waals surface area contributed by atoms with E-state index in [0.29, 0.717) is 18.9 Å². The van der Waals surface area contributed by atoms with Gasteiger partial charge >= 0.3 is 6.03 Å². The number of aromatic nitrogens is 2. The van der Waals surface area contributed by atoms with Gasteiger partial charge < -0.3 is 15.5 Å². The zero-order valence-electron chi connectivity index (χ0n) is 11.5. The monoisotopic (exact) mass is 313 g/mol. The summed E-state index contributed by atoms with van der Waals surface area (Å²) in [5.74, 6) is 0.698. The van der Waals surface area contributed by atoms with Gasteiger partial charge in [-0.1, -0.05) is 0 Å². The molecule has 0 aliphatic heterocycles. The van der Waals surface area contributed by atoms with E-state index in [1.807, 2.05) is 13.0 Å². The molecule has 2 heterocycles. The first kappa shape index (κ1) is 14.8. The van der Waals surface area contributed by atoms with Crippen LogP contribution in [0.2, 0.25) is 5.28 Å². The molecule has 2 N–H and O–H groups in total. The highest BCUT2D eigenvalue weighted by molar-refractivity contribution is 7.18. The SMILES string of the molecule is Cc1cc2c(NCCNC(=O)N(C)C)nc(Cl)nc2s1. The molecule has 0 aliphatic rings. The lowest BCUT2D eigenvalue weighted by molar-refractivity contribution is 0.218. The number of nitrogens with one attached hydrogen (secondary N) is 2. The lowest BCUT2D eigenvalue weighted by Gasteiger charge is -2.12. The van der Waals surface area contributed by atoms with Crippen LogP contribution >= 0.6 is 22.9 Å². The summed E-state index contributed by atoms with van der Waals surface area (Å²) in [6.07, 6.45) is 0. The zero-order chi connectivity index (χ0) is 14.7. The Morgan fingerprint density at radius 3 is 2.85 bits per heavy atom. The minimum atomic E-state index is -0.121. The number of amides is 2. The van der Waals surface area contributed by atoms with E-state index in [1.54, 1.807) is 25.4 Å². The molecular formula is C12H16ClN5OS. The van der Waals surface area contributed by atoms with Crippen molar-refractivity contribution in [1.29, 1.82) is 0 Å². The van der Waals surface area contributed by atoms with E-state index in [0.717, 1.165) is 15.1 Å². The second-order valence-corrected chi connectivity index (χ2v) is 6.04. The molecule has 0 aromatic carbocycles. The van der Waals surface area contributed by atoms with Crippen LogP contribution in [0.25, 0.3) is 10.2 Å². The molecule has 0 bridgehead atoms. The van der Waals surface area contributed by atoms with E-state index < -0.39 is 0 Å². The molecule has 0 atom stereocenters. The summed E-state index contributed by atoms with van der Waals surface area (Å²) < 4.78 is 0. The minimum Gasteiger partial charge on any atom is -0.368 e. The fourth-order valence-electron chi connectivity index (χ4n) is 1.66. The van der Waals surface area contributed by atoms with Crippen molar-refractivity contribution in [3.05, 3.63) is 16.2 Å². The first-order valence-corrected chi connectivity index (χ1v) is 7.29. The number of rotatable bonds is 4. The van der Waals surface area contributed by atoms with Crippen molar-refractivity contribution in [2.45, 2.75) is 6.92 Å². The number of aryl methyl sites for hydroxylation is 1. The van der Waals surface area contributed by atoms with E-state index in [9.17, 15) is 4.79 Å². The van der Waals surface area contributed by atoms with Gasteiger partial charge in [-0.2, -0.15) is 0 Å². The Morgan fingerprint density at radius 1 is 1.40 bits per heavy atom. The molecule has 0 fully saturated rings. The summed E-state index contributed by atoms with van der Waals surface area (Å²) >= 11 is 7.48. The summed E-state index contributed by atoms with van der Waals surface area (Å²) in [5, 5.41) is 7.12. The summed E-state index contributed by atoms with van der Waals surface area (Å²) in [7, 11) is 3.40. The highest BCUT2D eigenvalue weighted by atomic mass is 35.5. The number of hydrogen-bond donors (Lipinski definition) is 2. The Bertz CT molecular complexity index is 628. The first-order valence-electron chi connectivity index (χ1n) is 6.10. The molecule has 0 saturated carbocycles. The summed E-state index contributed by atoms with van der Waals surface area (Å²) in [6.45, 7) is 3.08. The largest absolute Gasteiger partial charge is 0.368 e. The van der Waals surface area contributed by atoms with Crippen LogP contribution in [0.3, 0.4) is 0 Å². The smallest absolute Gasteiger partial charge is 0.316 e. The standard InChI is InChI=1S/C12H16ClN5OS/c1-7-6-8-9(16-11(13)17-10(8)20-7)14-4-5-15-12(19)18(2)3/h6H,4-5H2,1-3H3,(H,15,19)(H,14,16,17). The third-order valence-corrected chi connectivity index (χ3v) is 3.70. The molecule has 2 aromatic heterocycles. The third-order valence-electron chi connectivity index (χ3n) is 2.59. The van der Waals surface area contributed by atoms with E-state index in [1.165, 1.54) is 4.90 Å². The van der Waals surface area contributed by atoms with Gasteiger partial charge in [0.1, 0.15) is 10.6 Å². The highest BCUT2D eigenvalue weighted by Crippen LogP contribution is 2.29. The first-order chi connectivity index (χ1) is 9.47. The quantitative estimate of drug-likeness (QED) is 0.671. The van der Waals surface area contributed by atoms with Crippen molar-refractivity contribution in [3.8, 4) is 0 Å². The summed E-state index contributed by atoms with van der Waals surface area (Å²) in [5.41, 5.74) is 0. The predicted molar refractivity (Wildman–Crippen MR) is 82.7 cm³/mol. The van der Waals surface area contributed by atoms with Crippen molar-refractivity contribution in [1.82, 2.24) is 20.2 Å². The van der Waals surface area contributed by atoms with Crippen LogP contribution < -0.4 is 10.6 Å². The van der Waals surface area contributed by atoms with Gasteiger partial charge in [0.15, 0.2) is 0 Å². The number of thiophene rings is 1. The van der Waals surface area contributed by atoms with Gasteiger partial charge in [-0.25, -0.2) is 14.8 Å². The second-order valence-electron chi connectivity index (χ2n) is 4.47. The molecule has 0 saturated heterocycles. The number of anilines is 1. The lowest BCUT2D eigenvalue weighted by Crippen LogP contribution is -2.37. The number of carbonyl (C=O) groups excluding carboxylic acids is 1. The maximum absolute atomic E-state index is 11.4. The topological polar surface area (TPSA) is 70.2 Å². The van der Waals surface area contributed by atoms with E-state index in [-0.39, 0.29) is 11.3 Å². The molecule has 2 aromatic rings. The van der Waals surface area contributed by atoms with Gasteiger partial charge in [0.25, 0.3) is 0 Å². The van der Waals surface area contributed by atoms with Gasteiger partial charge in [-0.15, -0.1) is 11.3 Å². The molecule has 6 nitrogen and oxygen atoms in total. The Labute approximate surface area is 126 Å². The molecule has 0 spiro atoms. The van der Waals surface area contributed by atoms with Gasteiger partial charge in [0.2, 0.25) is 5.28 Å². The van der Waals surface area contributed by atoms with E-state index in [2.05, 4.69) is 20.6 Å². The molecule has 2 rings (SSSR count). The summed E-state index contributed by atoms with van der Waals surface area (Å²) in [4.78, 5) is 23.3. The van der Waals surface area contributed by atoms with Crippen LogP contribution in [0.15, 0.2) is 6.07 Å². The summed E-state index contributed by atoms with van der Waals surface area (Å²) in [6, 6.07) is 1.90. The number of nitrogens with zero attached hydrogens (tertiary/aromatic N) is 3. The van der Waals surface area contributed by atoms with Crippen molar-refractivity contribution in [2.24, 2.45) is 0 Å². The molecule has 0 unspecified atom stereocenters. The minimum absolute atomic E-state index is 0.121. The number of carbonyl (C=O) groups is 1. The molecule has 2 amide bonds. The predicted octanol–water partition coefficient (Wildman–Crippen LogP) is 2.34. The van der Waals surface area contributed by atoms with Gasteiger partial charge in [-0.05, 0) is 24.6 Å². The van der Waals surface area contributed by atoms with E-state index >= 15 is 0 Å². The number of fused-ring (bicyclic) bond motifs is 1. The Morgan fingerprint density at radius 2 is 2.15 bits per heavy atom. The third kappa shape index (κ3) is 3.49. The van der Waals surface area contributed by atoms with Crippen LogP contribution in [-0.2, 0) is 0 Å². The van der Waals surface area contributed by atoms with Gasteiger partial charge in [-0.3, -0.25) is 0 Å². The molecule has 0 radical (unpaired) electrons. The number of halogens is 1. The molecule has 20 heavy (non-hydrogen) atoms. The Kier molecular flexibility index (Phi) is 4.61. The van der Waals surface area contributed by atoms with Crippen molar-refractivity contribution in [2.75, 3.05) is 32.5 Å². The lowest BCUT2D eigenvalue weighted by atomic mass is 10.3. The normalized spacial score (nSPS) is 10.6. The van der Waals surface area contributed by atoms with Crippen LogP contribution in [-0.4, -0.2) is 48.1 Å². The molecule has 0 aliphatic carbocycles. The average Bonchev–Trinajstić information content (AvgIpc) is 2.74. The van der Waals surface area contributed by atoms with Crippen molar-refractivity contribution in [3.63, 3.8) is 0 Å². The second kappa shape index (κ2) is 6.23. The fourth-order valence-corrected chi connectivity index (χ4v) is 2.76. The zero-order valence-corrected chi connectivity index (χ0v) is 13.1. The molecule has 108 valence electrons. The van der Waals surface area contributed by atoms with Crippen molar-refractivity contribution >= 4 is 45.0 Å². The molecular weight excluding hydrogens is 298 g/mol. The fraction of sp³-hybridized carbons (Fsp3) is 0.417. The maximum Gasteiger partial charge on any atom is 0.316 e. The maximum atomic E-state index is 11.4. The van der Waals surface area contributed by atoms with Crippen LogP contribution in [0.5, 0.6) is 0 Å².